The van der Waals surface area contributed by atoms with E-state index in [0.29, 0.717) is 5.57 Å². The summed E-state index contributed by atoms with van der Waals surface area (Å²) >= 11 is 0. The van der Waals surface area contributed by atoms with Crippen molar-refractivity contribution in [1.29, 1.82) is 0 Å². The number of hydrogen-bond acceptors (Lipinski definition) is 2. The molecule has 80 valence electrons. The summed E-state index contributed by atoms with van der Waals surface area (Å²) in [7, 11) is 0. The molecule has 0 saturated carbocycles. The number of rotatable bonds is 2. The van der Waals surface area contributed by atoms with Gasteiger partial charge in [0.2, 0.25) is 0 Å². The monoisotopic (exact) mass is 208 g/mol. The molecule has 0 aromatic heterocycles. The molecule has 0 aliphatic heterocycles. The third-order valence-electron chi connectivity index (χ3n) is 2.24. The van der Waals surface area contributed by atoms with Gasteiger partial charge in [0, 0.05) is 0 Å². The zero-order chi connectivity index (χ0) is 11.6. The zero-order valence-electron chi connectivity index (χ0n) is 8.52. The number of hydrogen-bond donors (Lipinski definition) is 2. The van der Waals surface area contributed by atoms with E-state index in [1.807, 2.05) is 0 Å². The molecule has 2 N–H and O–H groups in total. The molecule has 0 fully saturated rings. The summed E-state index contributed by atoms with van der Waals surface area (Å²) in [4.78, 5) is 21.9. The summed E-state index contributed by atoms with van der Waals surface area (Å²) in [5.41, 5.74) is 1.26. The van der Waals surface area contributed by atoms with Gasteiger partial charge in [-0.3, -0.25) is 4.79 Å². The second kappa shape index (κ2) is 4.13. The van der Waals surface area contributed by atoms with Crippen LogP contribution in [0.5, 0.6) is 0 Å². The van der Waals surface area contributed by atoms with Gasteiger partial charge in [0.1, 0.15) is 5.92 Å². The fraction of sp³-hybridized carbons (Fsp3) is 0.273. The highest BCUT2D eigenvalue weighted by atomic mass is 16.4. The minimum Gasteiger partial charge on any atom is -0.481 e. The van der Waals surface area contributed by atoms with E-state index in [0.717, 1.165) is 5.57 Å². The van der Waals surface area contributed by atoms with Gasteiger partial charge in [-0.2, -0.15) is 0 Å². The standard InChI is InChI=1S/C11H12O4/c1-6(2)7-4-3-5-8(10(12)13)9(7)11(14)15/h3-5,9H,1-2H3,(H,12,13)(H,14,15). The molecular formula is C11H12O4. The van der Waals surface area contributed by atoms with Gasteiger partial charge in [0.05, 0.1) is 5.57 Å². The van der Waals surface area contributed by atoms with E-state index < -0.39 is 17.9 Å². The van der Waals surface area contributed by atoms with Crippen LogP contribution in [0, 0.1) is 5.92 Å². The molecule has 1 aliphatic rings. The molecule has 0 heterocycles. The number of aliphatic carboxylic acids is 2. The van der Waals surface area contributed by atoms with Crippen LogP contribution in [-0.4, -0.2) is 22.2 Å². The molecule has 0 aromatic carbocycles. The highest BCUT2D eigenvalue weighted by molar-refractivity contribution is 5.97. The van der Waals surface area contributed by atoms with Crippen molar-refractivity contribution >= 4 is 11.9 Å². The molecule has 0 amide bonds. The Morgan fingerprint density at radius 2 is 1.87 bits per heavy atom. The van der Waals surface area contributed by atoms with Crippen molar-refractivity contribution in [2.24, 2.45) is 5.92 Å². The number of allylic oxidation sites excluding steroid dienone is 4. The van der Waals surface area contributed by atoms with E-state index in [1.165, 1.54) is 6.08 Å². The van der Waals surface area contributed by atoms with Crippen molar-refractivity contribution in [3.05, 3.63) is 34.9 Å². The van der Waals surface area contributed by atoms with Crippen molar-refractivity contribution in [3.8, 4) is 0 Å². The largest absolute Gasteiger partial charge is 0.481 e. The summed E-state index contributed by atoms with van der Waals surface area (Å²) in [5, 5.41) is 17.9. The normalized spacial score (nSPS) is 19.7. The van der Waals surface area contributed by atoms with Crippen LogP contribution >= 0.6 is 0 Å². The SMILES string of the molecule is CC(C)=C1C=CC=C(C(=O)O)C1C(=O)O. The van der Waals surface area contributed by atoms with Crippen LogP contribution < -0.4 is 0 Å². The van der Waals surface area contributed by atoms with E-state index in [9.17, 15) is 9.59 Å². The van der Waals surface area contributed by atoms with Gasteiger partial charge in [0.25, 0.3) is 0 Å². The van der Waals surface area contributed by atoms with Crippen LogP contribution in [0.25, 0.3) is 0 Å². The van der Waals surface area contributed by atoms with Crippen LogP contribution in [0.4, 0.5) is 0 Å². The fourth-order valence-electron chi connectivity index (χ4n) is 1.53. The van der Waals surface area contributed by atoms with Gasteiger partial charge in [-0.1, -0.05) is 23.8 Å². The Balaban J connectivity index is 3.27. The van der Waals surface area contributed by atoms with Crippen molar-refractivity contribution in [1.82, 2.24) is 0 Å². The summed E-state index contributed by atoms with van der Waals surface area (Å²) in [6, 6.07) is 0. The average molecular weight is 208 g/mol. The van der Waals surface area contributed by atoms with Gasteiger partial charge in [-0.25, -0.2) is 4.79 Å². The summed E-state index contributed by atoms with van der Waals surface area (Å²) in [6.45, 7) is 3.53. The lowest BCUT2D eigenvalue weighted by atomic mass is 9.84. The Morgan fingerprint density at radius 3 is 2.27 bits per heavy atom. The lowest BCUT2D eigenvalue weighted by molar-refractivity contribution is -0.142. The van der Waals surface area contributed by atoms with Crippen LogP contribution in [0.15, 0.2) is 34.9 Å². The molecule has 15 heavy (non-hydrogen) atoms. The summed E-state index contributed by atoms with van der Waals surface area (Å²) < 4.78 is 0. The van der Waals surface area contributed by atoms with E-state index in [2.05, 4.69) is 0 Å². The maximum absolute atomic E-state index is 11.0. The topological polar surface area (TPSA) is 74.6 Å². The molecular weight excluding hydrogens is 196 g/mol. The molecule has 0 saturated heterocycles. The van der Waals surface area contributed by atoms with Gasteiger partial charge >= 0.3 is 11.9 Å². The first kappa shape index (κ1) is 11.2. The lowest BCUT2D eigenvalue weighted by Crippen LogP contribution is -2.24. The third kappa shape index (κ3) is 2.15. The highest BCUT2D eigenvalue weighted by Gasteiger charge is 2.31. The molecule has 1 atom stereocenters. The van der Waals surface area contributed by atoms with Crippen molar-refractivity contribution in [3.63, 3.8) is 0 Å². The van der Waals surface area contributed by atoms with Crippen LogP contribution in [0.2, 0.25) is 0 Å². The van der Waals surface area contributed by atoms with Crippen LogP contribution in [-0.2, 0) is 9.59 Å². The first-order chi connectivity index (χ1) is 6.95. The maximum atomic E-state index is 11.0. The maximum Gasteiger partial charge on any atom is 0.332 e. The number of carbonyl (C=O) groups is 2. The third-order valence-corrected chi connectivity index (χ3v) is 2.24. The quantitative estimate of drug-likeness (QED) is 0.722. The van der Waals surface area contributed by atoms with Gasteiger partial charge in [0.15, 0.2) is 0 Å². The first-order valence-electron chi connectivity index (χ1n) is 4.47. The highest BCUT2D eigenvalue weighted by Crippen LogP contribution is 2.28. The molecule has 0 spiro atoms. The molecule has 0 bridgehead atoms. The predicted octanol–water partition coefficient (Wildman–Crippen LogP) is 1.60. The lowest BCUT2D eigenvalue weighted by Gasteiger charge is -2.19. The number of carboxylic acid groups (broad SMARTS) is 2. The minimum atomic E-state index is -1.19. The Bertz CT molecular complexity index is 395. The van der Waals surface area contributed by atoms with E-state index in [-0.39, 0.29) is 5.57 Å². The molecule has 1 rings (SSSR count). The molecule has 1 unspecified atom stereocenters. The van der Waals surface area contributed by atoms with Crippen molar-refractivity contribution in [2.45, 2.75) is 13.8 Å². The van der Waals surface area contributed by atoms with Gasteiger partial charge in [-0.15, -0.1) is 0 Å². The Morgan fingerprint density at radius 1 is 1.27 bits per heavy atom. The molecule has 0 aromatic rings. The summed E-state index contributed by atoms with van der Waals surface area (Å²) in [6.07, 6.45) is 4.53. The van der Waals surface area contributed by atoms with E-state index in [1.54, 1.807) is 26.0 Å². The second-order valence-electron chi connectivity index (χ2n) is 3.51. The van der Waals surface area contributed by atoms with Crippen molar-refractivity contribution in [2.75, 3.05) is 0 Å². The minimum absolute atomic E-state index is 0.0961. The Hall–Kier alpha value is -1.84. The second-order valence-corrected chi connectivity index (χ2v) is 3.51. The molecule has 4 nitrogen and oxygen atoms in total. The van der Waals surface area contributed by atoms with E-state index in [4.69, 9.17) is 10.2 Å². The van der Waals surface area contributed by atoms with Crippen LogP contribution in [0.3, 0.4) is 0 Å². The average Bonchev–Trinajstić information content (AvgIpc) is 2.16. The molecule has 0 radical (unpaired) electrons. The van der Waals surface area contributed by atoms with Gasteiger partial charge in [-0.05, 0) is 19.4 Å². The van der Waals surface area contributed by atoms with Crippen molar-refractivity contribution < 1.29 is 19.8 Å². The predicted molar refractivity (Wildman–Crippen MR) is 54.4 cm³/mol. The first-order valence-corrected chi connectivity index (χ1v) is 4.47. The van der Waals surface area contributed by atoms with Crippen LogP contribution in [0.1, 0.15) is 13.8 Å². The van der Waals surface area contributed by atoms with Gasteiger partial charge < -0.3 is 10.2 Å². The summed E-state index contributed by atoms with van der Waals surface area (Å²) in [5.74, 6) is -3.38. The smallest absolute Gasteiger partial charge is 0.332 e. The van der Waals surface area contributed by atoms with E-state index >= 15 is 0 Å². The zero-order valence-corrected chi connectivity index (χ0v) is 8.52. The number of carboxylic acids is 2. The fourth-order valence-corrected chi connectivity index (χ4v) is 1.53. The Kier molecular flexibility index (Phi) is 3.09. The molecule has 1 aliphatic carbocycles. The Labute approximate surface area is 87.2 Å². The molecule has 4 heteroatoms.